The molecule has 4 rings (SSSR count). The Hall–Kier alpha value is -2.53. The number of anilines is 1. The summed E-state index contributed by atoms with van der Waals surface area (Å²) in [5.74, 6) is 1.74. The lowest BCUT2D eigenvalue weighted by molar-refractivity contribution is 0.507. The maximum Gasteiger partial charge on any atom is 0.176 e. The van der Waals surface area contributed by atoms with E-state index in [-0.39, 0.29) is 0 Å². The Labute approximate surface area is 138 Å². The van der Waals surface area contributed by atoms with E-state index in [0.29, 0.717) is 17.2 Å². The normalized spacial score (nSPS) is 11.4. The van der Waals surface area contributed by atoms with E-state index >= 15 is 0 Å². The average molecular weight is 327 g/mol. The molecule has 4 aromatic rings. The summed E-state index contributed by atoms with van der Waals surface area (Å²) in [6.07, 6.45) is 1.68. The zero-order valence-electron chi connectivity index (χ0n) is 12.8. The average Bonchev–Trinajstić information content (AvgIpc) is 3.16. The van der Waals surface area contributed by atoms with Crippen LogP contribution in [0, 0.1) is 6.92 Å². The smallest absolute Gasteiger partial charge is 0.176 e. The Balaban J connectivity index is 1.95. The molecule has 0 N–H and O–H groups in total. The predicted molar refractivity (Wildman–Crippen MR) is 91.1 cm³/mol. The van der Waals surface area contributed by atoms with Gasteiger partial charge in [-0.1, -0.05) is 23.7 Å². The number of nitrogens with zero attached hydrogens (tertiary/aromatic N) is 4. The second-order valence-electron chi connectivity index (χ2n) is 5.52. The number of furan rings is 1. The largest absolute Gasteiger partial charge is 0.467 e. The number of hydrogen-bond acceptors (Lipinski definition) is 4. The molecule has 0 fully saturated rings. The van der Waals surface area contributed by atoms with E-state index in [2.05, 4.69) is 10.00 Å². The van der Waals surface area contributed by atoms with Gasteiger partial charge in [-0.05, 0) is 31.2 Å². The Bertz CT molecular complexity index is 991. The van der Waals surface area contributed by atoms with Gasteiger partial charge in [0.2, 0.25) is 0 Å². The molecule has 23 heavy (non-hydrogen) atoms. The highest BCUT2D eigenvalue weighted by Crippen LogP contribution is 2.30. The summed E-state index contributed by atoms with van der Waals surface area (Å²) in [7, 11) is 1.99. The molecule has 0 saturated heterocycles. The third-order valence-corrected chi connectivity index (χ3v) is 4.33. The van der Waals surface area contributed by atoms with E-state index < -0.39 is 0 Å². The van der Waals surface area contributed by atoms with Crippen LogP contribution in [-0.4, -0.2) is 21.6 Å². The van der Waals surface area contributed by atoms with Gasteiger partial charge in [-0.15, -0.1) is 0 Å². The van der Waals surface area contributed by atoms with Crippen LogP contribution in [0.5, 0.6) is 0 Å². The zero-order valence-corrected chi connectivity index (χ0v) is 13.6. The highest BCUT2D eigenvalue weighted by molar-refractivity contribution is 6.34. The molecule has 3 heterocycles. The van der Waals surface area contributed by atoms with Crippen LogP contribution in [0.3, 0.4) is 0 Å². The van der Waals surface area contributed by atoms with Crippen LogP contribution < -0.4 is 4.90 Å². The minimum absolute atomic E-state index is 0.586. The maximum atomic E-state index is 6.38. The first-order valence-corrected chi connectivity index (χ1v) is 7.70. The van der Waals surface area contributed by atoms with Crippen molar-refractivity contribution >= 4 is 34.0 Å². The fourth-order valence-corrected chi connectivity index (χ4v) is 2.93. The molecule has 0 aliphatic rings. The third kappa shape index (κ3) is 2.24. The molecule has 116 valence electrons. The maximum absolute atomic E-state index is 6.38. The predicted octanol–water partition coefficient (Wildman–Crippen LogP) is 4.07. The van der Waals surface area contributed by atoms with Gasteiger partial charge in [0.1, 0.15) is 16.6 Å². The topological polar surface area (TPSA) is 46.6 Å². The lowest BCUT2D eigenvalue weighted by atomic mass is 10.2. The van der Waals surface area contributed by atoms with Crippen LogP contribution in [-0.2, 0) is 6.54 Å². The summed E-state index contributed by atoms with van der Waals surface area (Å²) >= 11 is 6.38. The summed E-state index contributed by atoms with van der Waals surface area (Å²) in [6.45, 7) is 2.52. The molecule has 0 unspecified atom stereocenters. The minimum Gasteiger partial charge on any atom is -0.467 e. The molecule has 3 aromatic heterocycles. The number of fused-ring (bicyclic) bond motifs is 3. The van der Waals surface area contributed by atoms with Gasteiger partial charge in [0.15, 0.2) is 5.65 Å². The Morgan fingerprint density at radius 3 is 2.83 bits per heavy atom. The van der Waals surface area contributed by atoms with Crippen molar-refractivity contribution < 1.29 is 4.42 Å². The standard InChI is InChI=1S/C17H15ClN4O/c1-11-15(18)17-19-16(21(2)10-12-6-5-9-23-12)13-7-3-4-8-14(13)22(17)20-11/h3-9H,10H2,1-2H3. The first kappa shape index (κ1) is 14.1. The van der Waals surface area contributed by atoms with Gasteiger partial charge in [0, 0.05) is 12.4 Å². The van der Waals surface area contributed by atoms with E-state index in [0.717, 1.165) is 28.2 Å². The number of benzene rings is 1. The zero-order chi connectivity index (χ0) is 16.0. The Morgan fingerprint density at radius 2 is 2.04 bits per heavy atom. The number of aromatic nitrogens is 3. The Morgan fingerprint density at radius 1 is 1.22 bits per heavy atom. The molecular formula is C17H15ClN4O. The van der Waals surface area contributed by atoms with Crippen LogP contribution in [0.2, 0.25) is 5.02 Å². The van der Waals surface area contributed by atoms with Gasteiger partial charge in [0.25, 0.3) is 0 Å². The van der Waals surface area contributed by atoms with Crippen molar-refractivity contribution in [1.29, 1.82) is 0 Å². The molecule has 0 amide bonds. The molecule has 0 radical (unpaired) electrons. The monoisotopic (exact) mass is 326 g/mol. The van der Waals surface area contributed by atoms with Crippen molar-refractivity contribution in [3.05, 3.63) is 59.1 Å². The second-order valence-corrected chi connectivity index (χ2v) is 5.90. The van der Waals surface area contributed by atoms with E-state index in [1.54, 1.807) is 10.8 Å². The van der Waals surface area contributed by atoms with E-state index in [1.807, 2.05) is 50.4 Å². The fraction of sp³-hybridized carbons (Fsp3) is 0.176. The third-order valence-electron chi connectivity index (χ3n) is 3.88. The summed E-state index contributed by atoms with van der Waals surface area (Å²) in [6, 6.07) is 11.9. The summed E-state index contributed by atoms with van der Waals surface area (Å²) in [5.41, 5.74) is 2.42. The molecule has 0 aliphatic heterocycles. The van der Waals surface area contributed by atoms with Crippen LogP contribution >= 0.6 is 11.6 Å². The molecule has 0 saturated carbocycles. The number of hydrogen-bond donors (Lipinski definition) is 0. The summed E-state index contributed by atoms with van der Waals surface area (Å²) in [5, 5.41) is 6.11. The van der Waals surface area contributed by atoms with Crippen molar-refractivity contribution in [2.24, 2.45) is 0 Å². The highest BCUT2D eigenvalue weighted by Gasteiger charge is 2.17. The molecule has 6 heteroatoms. The first-order chi connectivity index (χ1) is 11.1. The molecule has 5 nitrogen and oxygen atoms in total. The second kappa shape index (κ2) is 5.28. The van der Waals surface area contributed by atoms with Gasteiger partial charge in [0.05, 0.1) is 24.0 Å². The van der Waals surface area contributed by atoms with Gasteiger partial charge >= 0.3 is 0 Å². The van der Waals surface area contributed by atoms with Crippen molar-refractivity contribution in [3.8, 4) is 0 Å². The van der Waals surface area contributed by atoms with Crippen LogP contribution in [0.1, 0.15) is 11.5 Å². The van der Waals surface area contributed by atoms with Crippen molar-refractivity contribution in [3.63, 3.8) is 0 Å². The van der Waals surface area contributed by atoms with E-state index in [4.69, 9.17) is 21.0 Å². The number of rotatable bonds is 3. The molecule has 0 atom stereocenters. The summed E-state index contributed by atoms with van der Waals surface area (Å²) in [4.78, 5) is 6.81. The number of para-hydroxylation sites is 1. The highest BCUT2D eigenvalue weighted by atomic mass is 35.5. The molecule has 0 aliphatic carbocycles. The lowest BCUT2D eigenvalue weighted by Crippen LogP contribution is -2.18. The van der Waals surface area contributed by atoms with Gasteiger partial charge < -0.3 is 9.32 Å². The SMILES string of the molecule is Cc1nn2c(nc(N(C)Cc3ccco3)c3ccccc32)c1Cl. The molecule has 0 spiro atoms. The van der Waals surface area contributed by atoms with Crippen LogP contribution in [0.4, 0.5) is 5.82 Å². The van der Waals surface area contributed by atoms with Gasteiger partial charge in [-0.25, -0.2) is 9.50 Å². The Kier molecular flexibility index (Phi) is 3.23. The van der Waals surface area contributed by atoms with Crippen LogP contribution in [0.15, 0.2) is 47.1 Å². The number of halogens is 1. The van der Waals surface area contributed by atoms with Gasteiger partial charge in [-0.3, -0.25) is 0 Å². The van der Waals surface area contributed by atoms with Crippen molar-refractivity contribution in [2.45, 2.75) is 13.5 Å². The minimum atomic E-state index is 0.586. The molecular weight excluding hydrogens is 312 g/mol. The first-order valence-electron chi connectivity index (χ1n) is 7.32. The fourth-order valence-electron chi connectivity index (χ4n) is 2.77. The van der Waals surface area contributed by atoms with Crippen LogP contribution in [0.25, 0.3) is 16.6 Å². The van der Waals surface area contributed by atoms with E-state index in [9.17, 15) is 0 Å². The molecule has 0 bridgehead atoms. The van der Waals surface area contributed by atoms with Crippen molar-refractivity contribution in [2.75, 3.05) is 11.9 Å². The van der Waals surface area contributed by atoms with E-state index in [1.165, 1.54) is 0 Å². The quantitative estimate of drug-likeness (QED) is 0.569. The number of aryl methyl sites for hydroxylation is 1. The summed E-state index contributed by atoms with van der Waals surface area (Å²) < 4.78 is 7.24. The van der Waals surface area contributed by atoms with Gasteiger partial charge in [-0.2, -0.15) is 5.10 Å². The van der Waals surface area contributed by atoms with Crippen molar-refractivity contribution in [1.82, 2.24) is 14.6 Å². The molecule has 1 aromatic carbocycles. The lowest BCUT2D eigenvalue weighted by Gasteiger charge is -2.19.